The molecule has 2 bridgehead atoms. The van der Waals surface area contributed by atoms with Gasteiger partial charge in [-0.15, -0.1) is 10.2 Å². The van der Waals surface area contributed by atoms with Crippen molar-refractivity contribution in [2.24, 2.45) is 17.8 Å². The first-order chi connectivity index (χ1) is 14.0. The molecule has 2 aliphatic carbocycles. The molecule has 0 radical (unpaired) electrons. The number of hydrogen-bond donors (Lipinski definition) is 1. The van der Waals surface area contributed by atoms with E-state index in [1.165, 1.54) is 43.0 Å². The molecule has 0 spiro atoms. The molecule has 1 heterocycles. The summed E-state index contributed by atoms with van der Waals surface area (Å²) in [5.74, 6) is 3.45. The molecule has 4 rings (SSSR count). The van der Waals surface area contributed by atoms with Crippen LogP contribution in [0.15, 0.2) is 35.5 Å². The largest absolute Gasteiger partial charge is 0.352 e. The summed E-state index contributed by atoms with van der Waals surface area (Å²) >= 11 is 1.51. The van der Waals surface area contributed by atoms with Gasteiger partial charge < -0.3 is 9.88 Å². The Morgan fingerprint density at radius 1 is 1.21 bits per heavy atom. The van der Waals surface area contributed by atoms with E-state index in [1.54, 1.807) is 0 Å². The van der Waals surface area contributed by atoms with Crippen LogP contribution in [0.4, 0.5) is 0 Å². The summed E-state index contributed by atoms with van der Waals surface area (Å²) in [5.41, 5.74) is 1.22. The predicted octanol–water partition coefficient (Wildman–Crippen LogP) is 4.31. The van der Waals surface area contributed by atoms with Crippen molar-refractivity contribution in [3.05, 3.63) is 41.7 Å². The number of amides is 1. The maximum Gasteiger partial charge on any atom is 0.233 e. The molecule has 1 aromatic heterocycles. The summed E-state index contributed by atoms with van der Waals surface area (Å²) in [6.45, 7) is 7.06. The first-order valence-corrected chi connectivity index (χ1v) is 11.9. The van der Waals surface area contributed by atoms with Gasteiger partial charge >= 0.3 is 0 Å². The summed E-state index contributed by atoms with van der Waals surface area (Å²) < 4.78 is 2.13. The molecule has 5 nitrogen and oxygen atoms in total. The summed E-state index contributed by atoms with van der Waals surface area (Å²) in [4.78, 5) is 12.8. The number of nitrogens with one attached hydrogen (secondary N) is 1. The number of aromatic nitrogens is 3. The Labute approximate surface area is 178 Å². The highest BCUT2D eigenvalue weighted by Crippen LogP contribution is 2.49. The zero-order valence-corrected chi connectivity index (χ0v) is 18.5. The maximum absolute atomic E-state index is 12.8. The van der Waals surface area contributed by atoms with Crippen LogP contribution in [0.3, 0.4) is 0 Å². The zero-order chi connectivity index (χ0) is 20.4. The van der Waals surface area contributed by atoms with Crippen molar-refractivity contribution in [1.29, 1.82) is 0 Å². The second-order valence-electron chi connectivity index (χ2n) is 8.70. The van der Waals surface area contributed by atoms with Gasteiger partial charge in [-0.3, -0.25) is 4.79 Å². The second kappa shape index (κ2) is 8.90. The average molecular weight is 413 g/mol. The van der Waals surface area contributed by atoms with Gasteiger partial charge in [-0.1, -0.05) is 48.5 Å². The molecule has 2 saturated carbocycles. The molecule has 2 aromatic rings. The number of nitrogens with zero attached hydrogens (tertiary/aromatic N) is 3. The van der Waals surface area contributed by atoms with E-state index < -0.39 is 0 Å². The molecule has 1 amide bonds. The lowest BCUT2D eigenvalue weighted by Crippen LogP contribution is -2.43. The Morgan fingerprint density at radius 3 is 2.66 bits per heavy atom. The first-order valence-electron chi connectivity index (χ1n) is 11.0. The van der Waals surface area contributed by atoms with Crippen LogP contribution in [0, 0.1) is 17.8 Å². The van der Waals surface area contributed by atoms with Gasteiger partial charge in [0.2, 0.25) is 5.91 Å². The minimum Gasteiger partial charge on any atom is -0.352 e. The van der Waals surface area contributed by atoms with Gasteiger partial charge in [0.25, 0.3) is 0 Å². The Kier molecular flexibility index (Phi) is 6.28. The molecule has 2 aliphatic rings. The molecule has 5 atom stereocenters. The lowest BCUT2D eigenvalue weighted by Gasteiger charge is -2.29. The standard InChI is InChI=1S/C23H32N4OS/c1-4-27-21(14-17-8-6-5-7-9-17)25-26-23(27)29-16(3)22(28)24-15(2)20-13-18-10-11-19(20)12-18/h5-9,15-16,18-20H,4,10-14H2,1-3H3,(H,24,28). The topological polar surface area (TPSA) is 59.8 Å². The van der Waals surface area contributed by atoms with Crippen molar-refractivity contribution in [2.75, 3.05) is 0 Å². The first kappa shape index (κ1) is 20.5. The monoisotopic (exact) mass is 412 g/mol. The quantitative estimate of drug-likeness (QED) is 0.657. The third-order valence-corrected chi connectivity index (χ3v) is 7.85. The van der Waals surface area contributed by atoms with E-state index in [1.807, 2.05) is 25.1 Å². The lowest BCUT2D eigenvalue weighted by molar-refractivity contribution is -0.121. The molecule has 6 heteroatoms. The highest BCUT2D eigenvalue weighted by atomic mass is 32.2. The molecule has 1 N–H and O–H groups in total. The second-order valence-corrected chi connectivity index (χ2v) is 10.0. The van der Waals surface area contributed by atoms with Crippen molar-refractivity contribution in [3.8, 4) is 0 Å². The molecule has 0 aliphatic heterocycles. The van der Waals surface area contributed by atoms with E-state index >= 15 is 0 Å². The van der Waals surface area contributed by atoms with Crippen molar-refractivity contribution in [3.63, 3.8) is 0 Å². The Morgan fingerprint density at radius 2 is 2.00 bits per heavy atom. The summed E-state index contributed by atoms with van der Waals surface area (Å²) in [6.07, 6.45) is 6.17. The van der Waals surface area contributed by atoms with Crippen LogP contribution in [-0.4, -0.2) is 32.0 Å². The lowest BCUT2D eigenvalue weighted by atomic mass is 9.84. The minimum absolute atomic E-state index is 0.112. The fourth-order valence-corrected chi connectivity index (χ4v) is 6.14. The normalized spacial score (nSPS) is 25.1. The molecule has 1 aromatic carbocycles. The number of benzene rings is 1. The van der Waals surface area contributed by atoms with Crippen LogP contribution in [0.5, 0.6) is 0 Å². The smallest absolute Gasteiger partial charge is 0.233 e. The van der Waals surface area contributed by atoms with Crippen molar-refractivity contribution in [1.82, 2.24) is 20.1 Å². The Balaban J connectivity index is 1.36. The number of hydrogen-bond acceptors (Lipinski definition) is 4. The van der Waals surface area contributed by atoms with Crippen molar-refractivity contribution in [2.45, 2.75) is 75.9 Å². The molecular weight excluding hydrogens is 380 g/mol. The number of carbonyl (C=O) groups excluding carboxylic acids is 1. The summed E-state index contributed by atoms with van der Waals surface area (Å²) in [6, 6.07) is 10.6. The van der Waals surface area contributed by atoms with Gasteiger partial charge in [0.05, 0.1) is 5.25 Å². The van der Waals surface area contributed by atoms with E-state index in [0.29, 0.717) is 5.92 Å². The minimum atomic E-state index is -0.185. The van der Waals surface area contributed by atoms with Crippen molar-refractivity contribution >= 4 is 17.7 Å². The van der Waals surface area contributed by atoms with Crippen LogP contribution in [0.2, 0.25) is 0 Å². The third-order valence-electron chi connectivity index (χ3n) is 6.77. The van der Waals surface area contributed by atoms with Gasteiger partial charge in [0.1, 0.15) is 5.82 Å². The summed E-state index contributed by atoms with van der Waals surface area (Å²) in [7, 11) is 0. The van der Waals surface area contributed by atoms with Gasteiger partial charge in [-0.25, -0.2) is 0 Å². The van der Waals surface area contributed by atoms with Gasteiger partial charge in [0.15, 0.2) is 5.16 Å². The van der Waals surface area contributed by atoms with E-state index in [-0.39, 0.29) is 17.2 Å². The highest BCUT2D eigenvalue weighted by Gasteiger charge is 2.42. The molecule has 29 heavy (non-hydrogen) atoms. The van der Waals surface area contributed by atoms with Crippen LogP contribution in [-0.2, 0) is 17.8 Å². The number of carbonyl (C=O) groups is 1. The van der Waals surface area contributed by atoms with E-state index in [4.69, 9.17) is 0 Å². The predicted molar refractivity (Wildman–Crippen MR) is 117 cm³/mol. The number of thioether (sulfide) groups is 1. The van der Waals surface area contributed by atoms with Gasteiger partial charge in [0, 0.05) is 19.0 Å². The average Bonchev–Trinajstić information content (AvgIpc) is 3.44. The van der Waals surface area contributed by atoms with Gasteiger partial charge in [-0.2, -0.15) is 0 Å². The molecule has 156 valence electrons. The maximum atomic E-state index is 12.8. The van der Waals surface area contributed by atoms with E-state index in [0.717, 1.165) is 35.8 Å². The fourth-order valence-electron chi connectivity index (χ4n) is 5.20. The van der Waals surface area contributed by atoms with Crippen LogP contribution in [0.25, 0.3) is 0 Å². The van der Waals surface area contributed by atoms with Gasteiger partial charge in [-0.05, 0) is 63.4 Å². The highest BCUT2D eigenvalue weighted by molar-refractivity contribution is 8.00. The van der Waals surface area contributed by atoms with Crippen LogP contribution < -0.4 is 5.32 Å². The Bertz CT molecular complexity index is 837. The van der Waals surface area contributed by atoms with Crippen molar-refractivity contribution < 1.29 is 4.79 Å². The molecule has 2 fully saturated rings. The van der Waals surface area contributed by atoms with E-state index in [9.17, 15) is 4.79 Å². The number of fused-ring (bicyclic) bond motifs is 2. The SMILES string of the molecule is CCn1c(Cc2ccccc2)nnc1SC(C)C(=O)NC(C)C1CC2CCC1C2. The zero-order valence-electron chi connectivity index (χ0n) is 17.7. The van der Waals surface area contributed by atoms with Crippen LogP contribution in [0.1, 0.15) is 57.8 Å². The molecule has 5 unspecified atom stereocenters. The summed E-state index contributed by atoms with van der Waals surface area (Å²) in [5, 5.41) is 12.7. The van der Waals surface area contributed by atoms with Crippen LogP contribution >= 0.6 is 11.8 Å². The molecular formula is C23H32N4OS. The third kappa shape index (κ3) is 4.52. The fraction of sp³-hybridized carbons (Fsp3) is 0.609. The van der Waals surface area contributed by atoms with E-state index in [2.05, 4.69) is 46.1 Å². The number of rotatable bonds is 8. The molecule has 0 saturated heterocycles. The Hall–Kier alpha value is -1.82.